The number of amides is 2. The number of ether oxygens (including phenoxy) is 3. The normalized spacial score (nSPS) is 18.9. The fraction of sp³-hybridized carbons (Fsp3) is 0.433. The highest BCUT2D eigenvalue weighted by atomic mass is 35.5. The number of nitrogens with zero attached hydrogens (tertiary/aromatic N) is 2. The van der Waals surface area contributed by atoms with E-state index in [0.717, 1.165) is 30.2 Å². The first kappa shape index (κ1) is 28.3. The molecule has 3 aromatic rings. The minimum absolute atomic E-state index is 0.109. The molecule has 40 heavy (non-hydrogen) atoms. The van der Waals surface area contributed by atoms with Crippen LogP contribution in [0.25, 0.3) is 10.9 Å². The monoisotopic (exact) mass is 566 g/mol. The largest absolute Gasteiger partial charge is 0.493 e. The number of hydrogen-bond donors (Lipinski definition) is 2. The quantitative estimate of drug-likeness (QED) is 0.324. The number of hydrogen-bond acceptors (Lipinski definition) is 7. The van der Waals surface area contributed by atoms with Crippen LogP contribution in [0.15, 0.2) is 54.6 Å². The van der Waals surface area contributed by atoms with Gasteiger partial charge in [0.05, 0.1) is 29.4 Å². The molecule has 9 nitrogen and oxygen atoms in total. The zero-order valence-electron chi connectivity index (χ0n) is 22.6. The molecule has 1 aliphatic carbocycles. The van der Waals surface area contributed by atoms with Gasteiger partial charge in [0.2, 0.25) is 0 Å². The number of methoxy groups -OCH3 is 1. The highest BCUT2D eigenvalue weighted by Gasteiger charge is 2.39. The van der Waals surface area contributed by atoms with Crippen molar-refractivity contribution in [2.24, 2.45) is 0 Å². The van der Waals surface area contributed by atoms with E-state index in [4.69, 9.17) is 30.8 Å². The number of benzene rings is 2. The first-order chi connectivity index (χ1) is 19.5. The average Bonchev–Trinajstić information content (AvgIpc) is 3.83. The molecule has 2 atom stereocenters. The van der Waals surface area contributed by atoms with E-state index >= 15 is 0 Å². The van der Waals surface area contributed by atoms with Gasteiger partial charge in [-0.25, -0.2) is 4.98 Å². The number of carbonyl (C=O) groups excluding carboxylic acids is 2. The van der Waals surface area contributed by atoms with E-state index < -0.39 is 12.2 Å². The van der Waals surface area contributed by atoms with Gasteiger partial charge in [-0.3, -0.25) is 9.59 Å². The fourth-order valence-corrected chi connectivity index (χ4v) is 5.01. The topological polar surface area (TPSA) is 102 Å². The molecule has 1 saturated carbocycles. The summed E-state index contributed by atoms with van der Waals surface area (Å²) in [5.41, 5.74) is 2.32. The molecule has 1 aliphatic heterocycles. The lowest BCUT2D eigenvalue weighted by atomic mass is 10.1. The zero-order chi connectivity index (χ0) is 27.9. The predicted molar refractivity (Wildman–Crippen MR) is 152 cm³/mol. The number of halogens is 1. The van der Waals surface area contributed by atoms with Crippen LogP contribution in [0.3, 0.4) is 0 Å². The van der Waals surface area contributed by atoms with Gasteiger partial charge >= 0.3 is 0 Å². The van der Waals surface area contributed by atoms with Crippen LogP contribution in [-0.4, -0.2) is 73.4 Å². The summed E-state index contributed by atoms with van der Waals surface area (Å²) in [5.74, 6) is 0.277. The highest BCUT2D eigenvalue weighted by molar-refractivity contribution is 6.35. The van der Waals surface area contributed by atoms with Gasteiger partial charge < -0.3 is 29.7 Å². The van der Waals surface area contributed by atoms with Gasteiger partial charge in [0, 0.05) is 57.3 Å². The predicted octanol–water partition coefficient (Wildman–Crippen LogP) is 3.47. The van der Waals surface area contributed by atoms with Crippen LogP contribution in [0, 0.1) is 0 Å². The number of fused-ring (bicyclic) bond motifs is 1. The van der Waals surface area contributed by atoms with Gasteiger partial charge in [0.1, 0.15) is 18.0 Å². The summed E-state index contributed by atoms with van der Waals surface area (Å²) in [6.45, 7) is 2.47. The third kappa shape index (κ3) is 7.09. The Hall–Kier alpha value is -3.24. The number of pyridine rings is 1. The first-order valence-corrected chi connectivity index (χ1v) is 14.1. The standard InChI is InChI=1S/C30H35ClN4O5/c1-38-13-6-14-39-25-15-21(34-28-23(25)9-5-10-24(28)31)19-35(22-11-12-22)30(37)27-18-32-17-26(40-27)29(36)33-16-20-7-3-2-4-8-20/h2-5,7-10,15,22,26-27,32H,6,11-14,16-19H2,1H3,(H,33,36). The minimum atomic E-state index is -0.768. The van der Waals surface area contributed by atoms with Crippen molar-refractivity contribution in [3.8, 4) is 5.75 Å². The van der Waals surface area contributed by atoms with Crippen LogP contribution >= 0.6 is 11.6 Å². The van der Waals surface area contributed by atoms with E-state index in [2.05, 4.69) is 10.6 Å². The molecule has 2 fully saturated rings. The summed E-state index contributed by atoms with van der Waals surface area (Å²) in [7, 11) is 1.66. The number of morpholine rings is 1. The molecule has 10 heteroatoms. The fourth-order valence-electron chi connectivity index (χ4n) is 4.79. The summed E-state index contributed by atoms with van der Waals surface area (Å²) in [6.07, 6.45) is 1.06. The molecular weight excluding hydrogens is 532 g/mol. The lowest BCUT2D eigenvalue weighted by Crippen LogP contribution is -2.56. The Morgan fingerprint density at radius 2 is 1.90 bits per heavy atom. The molecule has 2 unspecified atom stereocenters. The van der Waals surface area contributed by atoms with Gasteiger partial charge in [-0.15, -0.1) is 0 Å². The third-order valence-electron chi connectivity index (χ3n) is 7.02. The van der Waals surface area contributed by atoms with E-state index in [0.29, 0.717) is 61.4 Å². The van der Waals surface area contributed by atoms with Gasteiger partial charge in [-0.05, 0) is 30.5 Å². The zero-order valence-corrected chi connectivity index (χ0v) is 23.4. The molecule has 2 amide bonds. The Kier molecular flexibility index (Phi) is 9.49. The van der Waals surface area contributed by atoms with Crippen LogP contribution in [0.4, 0.5) is 0 Å². The van der Waals surface area contributed by atoms with E-state index in [1.54, 1.807) is 13.2 Å². The Bertz CT molecular complexity index is 1320. The summed E-state index contributed by atoms with van der Waals surface area (Å²) in [6, 6.07) is 17.3. The molecule has 2 aromatic carbocycles. The van der Waals surface area contributed by atoms with Crippen molar-refractivity contribution in [2.45, 2.75) is 50.6 Å². The maximum absolute atomic E-state index is 13.7. The van der Waals surface area contributed by atoms with Crippen molar-refractivity contribution < 1.29 is 23.8 Å². The van der Waals surface area contributed by atoms with E-state index in [-0.39, 0.29) is 17.9 Å². The molecule has 212 valence electrons. The maximum Gasteiger partial charge on any atom is 0.253 e. The average molecular weight is 567 g/mol. The van der Waals surface area contributed by atoms with Crippen LogP contribution in [0.5, 0.6) is 5.75 Å². The van der Waals surface area contributed by atoms with Crippen molar-refractivity contribution >= 4 is 34.3 Å². The highest BCUT2D eigenvalue weighted by Crippen LogP contribution is 2.33. The minimum Gasteiger partial charge on any atom is -0.493 e. The third-order valence-corrected chi connectivity index (χ3v) is 7.33. The molecule has 2 N–H and O–H groups in total. The molecule has 0 radical (unpaired) electrons. The van der Waals surface area contributed by atoms with Crippen molar-refractivity contribution in [1.29, 1.82) is 0 Å². The summed E-state index contributed by atoms with van der Waals surface area (Å²) in [5, 5.41) is 7.46. The van der Waals surface area contributed by atoms with Gasteiger partial charge in [-0.2, -0.15) is 0 Å². The second kappa shape index (κ2) is 13.4. The molecule has 0 bridgehead atoms. The van der Waals surface area contributed by atoms with Gasteiger partial charge in [0.25, 0.3) is 11.8 Å². The van der Waals surface area contributed by atoms with Crippen LogP contribution < -0.4 is 15.4 Å². The lowest BCUT2D eigenvalue weighted by molar-refractivity contribution is -0.157. The lowest BCUT2D eigenvalue weighted by Gasteiger charge is -2.33. The SMILES string of the molecule is COCCCOc1cc(CN(C(=O)C2CNCC(C(=O)NCc3ccccc3)O2)C2CC2)nc2c(Cl)cccc12. The summed E-state index contributed by atoms with van der Waals surface area (Å²) in [4.78, 5) is 33.2. The van der Waals surface area contributed by atoms with E-state index in [1.807, 2.05) is 53.4 Å². The number of para-hydroxylation sites is 1. The first-order valence-electron chi connectivity index (χ1n) is 13.7. The number of nitrogens with one attached hydrogen (secondary N) is 2. The number of carbonyl (C=O) groups is 2. The smallest absolute Gasteiger partial charge is 0.253 e. The van der Waals surface area contributed by atoms with Crippen LogP contribution in [0.2, 0.25) is 5.02 Å². The Morgan fingerprint density at radius 3 is 2.67 bits per heavy atom. The molecule has 2 heterocycles. The molecule has 5 rings (SSSR count). The van der Waals surface area contributed by atoms with E-state index in [9.17, 15) is 9.59 Å². The van der Waals surface area contributed by atoms with Gasteiger partial charge in [0.15, 0.2) is 0 Å². The van der Waals surface area contributed by atoms with Crippen LogP contribution in [-0.2, 0) is 32.2 Å². The summed E-state index contributed by atoms with van der Waals surface area (Å²) >= 11 is 6.51. The van der Waals surface area contributed by atoms with Crippen molar-refractivity contribution in [3.63, 3.8) is 0 Å². The number of rotatable bonds is 12. The molecule has 1 saturated heterocycles. The second-order valence-electron chi connectivity index (χ2n) is 10.1. The summed E-state index contributed by atoms with van der Waals surface area (Å²) < 4.78 is 17.3. The molecule has 1 aromatic heterocycles. The Morgan fingerprint density at radius 1 is 1.10 bits per heavy atom. The molecule has 0 spiro atoms. The second-order valence-corrected chi connectivity index (χ2v) is 10.5. The Balaban J connectivity index is 1.28. The molecular formula is C30H35ClN4O5. The maximum atomic E-state index is 13.7. The van der Waals surface area contributed by atoms with Crippen molar-refractivity contribution in [3.05, 3.63) is 70.9 Å². The molecule has 2 aliphatic rings. The number of aromatic nitrogens is 1. The Labute approximate surface area is 239 Å². The van der Waals surface area contributed by atoms with Gasteiger partial charge in [-0.1, -0.05) is 48.0 Å². The van der Waals surface area contributed by atoms with Crippen LogP contribution in [0.1, 0.15) is 30.5 Å². The van der Waals surface area contributed by atoms with Crippen molar-refractivity contribution in [2.75, 3.05) is 33.4 Å². The van der Waals surface area contributed by atoms with E-state index in [1.165, 1.54) is 0 Å². The van der Waals surface area contributed by atoms with Crippen molar-refractivity contribution in [1.82, 2.24) is 20.5 Å².